The molecule has 2 atom stereocenters. The van der Waals surface area contributed by atoms with Crippen molar-refractivity contribution in [3.05, 3.63) is 0 Å². The summed E-state index contributed by atoms with van der Waals surface area (Å²) in [5, 5.41) is 3.68. The Bertz CT molecular complexity index is 448. The van der Waals surface area contributed by atoms with E-state index in [2.05, 4.69) is 15.2 Å². The summed E-state index contributed by atoms with van der Waals surface area (Å²) in [4.78, 5) is 20.5. The van der Waals surface area contributed by atoms with E-state index in [9.17, 15) is 4.79 Å². The standard InChI is InChI=1S/C18H33N5O/c1-14(19)21-18(24)23-10-3-4-16(8-13-23)22-11-6-15(7-12-22)17-5-2-9-20-17/h15-17,20H,2-13H2,1H3,(H2,19,21,24). The van der Waals surface area contributed by atoms with Gasteiger partial charge in [0.2, 0.25) is 0 Å². The van der Waals surface area contributed by atoms with Crippen molar-refractivity contribution in [1.29, 1.82) is 0 Å². The molecule has 2 unspecified atom stereocenters. The summed E-state index contributed by atoms with van der Waals surface area (Å²) in [7, 11) is 0. The lowest BCUT2D eigenvalue weighted by atomic mass is 9.87. The lowest BCUT2D eigenvalue weighted by Gasteiger charge is -2.39. The molecule has 0 aromatic carbocycles. The third kappa shape index (κ3) is 4.48. The zero-order chi connectivity index (χ0) is 16.9. The van der Waals surface area contributed by atoms with Gasteiger partial charge >= 0.3 is 6.03 Å². The van der Waals surface area contributed by atoms with E-state index in [1.165, 1.54) is 51.7 Å². The Morgan fingerprint density at radius 3 is 2.50 bits per heavy atom. The molecule has 0 aliphatic carbocycles. The lowest BCUT2D eigenvalue weighted by Crippen LogP contribution is -2.45. The zero-order valence-corrected chi connectivity index (χ0v) is 15.0. The number of rotatable bonds is 2. The number of hydrogen-bond acceptors (Lipinski definition) is 3. The highest BCUT2D eigenvalue weighted by atomic mass is 16.2. The quantitative estimate of drug-likeness (QED) is 0.596. The second kappa shape index (κ2) is 8.30. The number of piperidine rings is 1. The smallest absolute Gasteiger partial charge is 0.345 e. The van der Waals surface area contributed by atoms with E-state index >= 15 is 0 Å². The molecular formula is C18H33N5O. The first-order chi connectivity index (χ1) is 11.6. The maximum Gasteiger partial charge on any atom is 0.345 e. The van der Waals surface area contributed by atoms with Crippen LogP contribution in [0.3, 0.4) is 0 Å². The van der Waals surface area contributed by atoms with Crippen molar-refractivity contribution in [1.82, 2.24) is 15.1 Å². The maximum atomic E-state index is 12.1. The van der Waals surface area contributed by atoms with Crippen molar-refractivity contribution in [2.24, 2.45) is 16.6 Å². The van der Waals surface area contributed by atoms with Crippen LogP contribution >= 0.6 is 0 Å². The van der Waals surface area contributed by atoms with Gasteiger partial charge < -0.3 is 20.9 Å². The third-order valence-electron chi connectivity index (χ3n) is 6.00. The Labute approximate surface area is 145 Å². The van der Waals surface area contributed by atoms with Crippen molar-refractivity contribution >= 4 is 11.9 Å². The zero-order valence-electron chi connectivity index (χ0n) is 15.0. The minimum atomic E-state index is -0.165. The molecule has 3 aliphatic heterocycles. The van der Waals surface area contributed by atoms with Gasteiger partial charge in [-0.05, 0) is 77.4 Å². The average molecular weight is 335 g/mol. The highest BCUT2D eigenvalue weighted by Gasteiger charge is 2.31. The number of amides is 2. The minimum absolute atomic E-state index is 0.165. The van der Waals surface area contributed by atoms with Gasteiger partial charge in [0.1, 0.15) is 5.84 Å². The van der Waals surface area contributed by atoms with Crippen molar-refractivity contribution in [3.63, 3.8) is 0 Å². The largest absolute Gasteiger partial charge is 0.387 e. The van der Waals surface area contributed by atoms with Gasteiger partial charge in [0.15, 0.2) is 0 Å². The van der Waals surface area contributed by atoms with Gasteiger partial charge in [0.25, 0.3) is 0 Å². The summed E-state index contributed by atoms with van der Waals surface area (Å²) in [6.45, 7) is 6.95. The van der Waals surface area contributed by atoms with Crippen LogP contribution in [-0.4, -0.2) is 66.5 Å². The van der Waals surface area contributed by atoms with Gasteiger partial charge in [0, 0.05) is 25.2 Å². The van der Waals surface area contributed by atoms with Crippen LogP contribution in [0.1, 0.15) is 51.9 Å². The van der Waals surface area contributed by atoms with E-state index < -0.39 is 0 Å². The van der Waals surface area contributed by atoms with E-state index in [-0.39, 0.29) is 6.03 Å². The summed E-state index contributed by atoms with van der Waals surface area (Å²) in [6.07, 6.45) is 8.70. The van der Waals surface area contributed by atoms with Gasteiger partial charge in [-0.25, -0.2) is 4.79 Å². The predicted molar refractivity (Wildman–Crippen MR) is 97.2 cm³/mol. The monoisotopic (exact) mass is 335 g/mol. The van der Waals surface area contributed by atoms with E-state index in [0.29, 0.717) is 11.9 Å². The van der Waals surface area contributed by atoms with Crippen molar-refractivity contribution in [2.75, 3.05) is 32.7 Å². The van der Waals surface area contributed by atoms with Crippen LogP contribution in [0.15, 0.2) is 4.99 Å². The molecule has 6 heteroatoms. The molecule has 24 heavy (non-hydrogen) atoms. The lowest BCUT2D eigenvalue weighted by molar-refractivity contribution is 0.110. The Morgan fingerprint density at radius 2 is 1.83 bits per heavy atom. The van der Waals surface area contributed by atoms with Gasteiger partial charge in [-0.1, -0.05) is 0 Å². The minimum Gasteiger partial charge on any atom is -0.387 e. The van der Waals surface area contributed by atoms with Crippen LogP contribution in [0.25, 0.3) is 0 Å². The molecule has 3 N–H and O–H groups in total. The molecule has 3 saturated heterocycles. The van der Waals surface area contributed by atoms with Gasteiger partial charge in [-0.15, -0.1) is 0 Å². The van der Waals surface area contributed by atoms with Crippen LogP contribution in [0.4, 0.5) is 4.79 Å². The number of likely N-dealkylation sites (tertiary alicyclic amines) is 2. The molecule has 0 aromatic rings. The number of carbonyl (C=O) groups is 1. The summed E-state index contributed by atoms with van der Waals surface area (Å²) in [5.74, 6) is 1.22. The number of nitrogens with two attached hydrogens (primary N) is 1. The number of hydrogen-bond donors (Lipinski definition) is 2. The molecular weight excluding hydrogens is 302 g/mol. The summed E-state index contributed by atoms with van der Waals surface area (Å²) < 4.78 is 0. The number of carbonyl (C=O) groups excluding carboxylic acids is 1. The normalized spacial score (nSPS) is 31.2. The van der Waals surface area contributed by atoms with Crippen LogP contribution in [0.5, 0.6) is 0 Å². The van der Waals surface area contributed by atoms with Gasteiger partial charge in [0.05, 0.1) is 0 Å². The molecule has 0 spiro atoms. The SMILES string of the molecule is C/C(N)=N/C(=O)N1CCCC(N2CCC(C3CCCN3)CC2)CC1. The fourth-order valence-electron chi connectivity index (χ4n) is 4.66. The van der Waals surface area contributed by atoms with Crippen molar-refractivity contribution in [3.8, 4) is 0 Å². The number of amidine groups is 1. The van der Waals surface area contributed by atoms with E-state index in [1.54, 1.807) is 6.92 Å². The topological polar surface area (TPSA) is 74.0 Å². The number of nitrogens with zero attached hydrogens (tertiary/aromatic N) is 3. The van der Waals surface area contributed by atoms with Crippen LogP contribution < -0.4 is 11.1 Å². The van der Waals surface area contributed by atoms with Gasteiger partial charge in [-0.2, -0.15) is 4.99 Å². The van der Waals surface area contributed by atoms with Crippen LogP contribution in [0, 0.1) is 5.92 Å². The summed E-state index contributed by atoms with van der Waals surface area (Å²) >= 11 is 0. The Morgan fingerprint density at radius 1 is 1.04 bits per heavy atom. The number of nitrogens with one attached hydrogen (secondary N) is 1. The molecule has 3 fully saturated rings. The first kappa shape index (κ1) is 17.7. The molecule has 3 rings (SSSR count). The molecule has 6 nitrogen and oxygen atoms in total. The molecule has 0 aromatic heterocycles. The Kier molecular flexibility index (Phi) is 6.11. The Balaban J connectivity index is 1.46. The molecule has 136 valence electrons. The molecule has 0 bridgehead atoms. The predicted octanol–water partition coefficient (Wildman–Crippen LogP) is 1.80. The van der Waals surface area contributed by atoms with E-state index in [1.807, 2.05) is 4.90 Å². The molecule has 2 amide bonds. The average Bonchev–Trinajstić information content (AvgIpc) is 2.99. The number of urea groups is 1. The Hall–Kier alpha value is -1.14. The fourth-order valence-corrected chi connectivity index (χ4v) is 4.66. The third-order valence-corrected chi connectivity index (χ3v) is 6.00. The fraction of sp³-hybridized carbons (Fsp3) is 0.889. The highest BCUT2D eigenvalue weighted by Crippen LogP contribution is 2.28. The molecule has 3 aliphatic rings. The first-order valence-corrected chi connectivity index (χ1v) is 9.70. The second-order valence-corrected chi connectivity index (χ2v) is 7.68. The number of aliphatic imine (C=N–C) groups is 1. The van der Waals surface area contributed by atoms with Crippen molar-refractivity contribution < 1.29 is 4.79 Å². The van der Waals surface area contributed by atoms with Gasteiger partial charge in [-0.3, -0.25) is 0 Å². The molecule has 3 heterocycles. The summed E-state index contributed by atoms with van der Waals surface area (Å²) in [5.41, 5.74) is 5.54. The molecule has 0 radical (unpaired) electrons. The summed E-state index contributed by atoms with van der Waals surface area (Å²) in [6, 6.07) is 1.23. The first-order valence-electron chi connectivity index (χ1n) is 9.70. The van der Waals surface area contributed by atoms with Crippen LogP contribution in [-0.2, 0) is 0 Å². The van der Waals surface area contributed by atoms with Crippen LogP contribution in [0.2, 0.25) is 0 Å². The molecule has 0 saturated carbocycles. The maximum absolute atomic E-state index is 12.1. The highest BCUT2D eigenvalue weighted by molar-refractivity contribution is 5.91. The van der Waals surface area contributed by atoms with E-state index in [4.69, 9.17) is 5.73 Å². The van der Waals surface area contributed by atoms with Crippen molar-refractivity contribution in [2.45, 2.75) is 64.0 Å². The second-order valence-electron chi connectivity index (χ2n) is 7.68. The van der Waals surface area contributed by atoms with E-state index in [0.717, 1.165) is 37.9 Å².